The second-order valence-electron chi connectivity index (χ2n) is 4.05. The number of imide groups is 1. The number of carbonyl (C=O) groups excluding carboxylic acids is 2. The number of nitrogens with zero attached hydrogens (tertiary/aromatic N) is 2. The van der Waals surface area contributed by atoms with Crippen molar-refractivity contribution < 1.29 is 9.59 Å². The summed E-state index contributed by atoms with van der Waals surface area (Å²) in [4.78, 5) is 26.6. The van der Waals surface area contributed by atoms with Gasteiger partial charge in [-0.15, -0.1) is 0 Å². The number of amides is 3. The van der Waals surface area contributed by atoms with Crippen molar-refractivity contribution in [1.82, 2.24) is 25.8 Å². The van der Waals surface area contributed by atoms with Crippen molar-refractivity contribution in [3.05, 3.63) is 36.3 Å². The molecule has 3 amide bonds. The number of H-pyrrole nitrogens is 1. The monoisotopic (exact) mass is 267 g/mol. The predicted octanol–water partition coefficient (Wildman–Crippen LogP) is 0.0312. The molecule has 2 aromatic rings. The average Bonchev–Trinajstić information content (AvgIpc) is 3.07. The molecule has 1 aliphatic heterocycles. The summed E-state index contributed by atoms with van der Waals surface area (Å²) in [6, 6.07) is 2.17. The Kier molecular flexibility index (Phi) is 2.89. The Bertz CT molecular complexity index is 727. The molecule has 0 bridgehead atoms. The minimum atomic E-state index is -0.833. The molecule has 3 N–H and O–H groups in total. The number of urea groups is 1. The highest BCUT2D eigenvalue weighted by Gasteiger charge is 2.27. The molecule has 98 valence electrons. The first-order chi connectivity index (χ1) is 9.74. The first kappa shape index (κ1) is 11.9. The summed E-state index contributed by atoms with van der Waals surface area (Å²) in [6.45, 7) is 0. The Labute approximate surface area is 113 Å². The molecule has 20 heavy (non-hydrogen) atoms. The maximum Gasteiger partial charge on any atom is 0.322 e. The van der Waals surface area contributed by atoms with Crippen LogP contribution >= 0.6 is 0 Å². The van der Waals surface area contributed by atoms with Crippen LogP contribution in [0.15, 0.2) is 30.7 Å². The lowest BCUT2D eigenvalue weighted by atomic mass is 10.1. The summed E-state index contributed by atoms with van der Waals surface area (Å²) >= 11 is 0. The van der Waals surface area contributed by atoms with Crippen molar-refractivity contribution in [3.63, 3.8) is 0 Å². The number of rotatable bonds is 1. The fourth-order valence-corrected chi connectivity index (χ4v) is 1.78. The number of aromatic amines is 1. The van der Waals surface area contributed by atoms with Crippen molar-refractivity contribution in [3.8, 4) is 23.1 Å². The number of aromatic nitrogens is 3. The number of carbonyl (C=O) groups is 2. The molecule has 0 unspecified atom stereocenters. The van der Waals surface area contributed by atoms with E-state index < -0.39 is 18.0 Å². The molecule has 3 heterocycles. The molecule has 2 aromatic heterocycles. The van der Waals surface area contributed by atoms with Gasteiger partial charge in [0.2, 0.25) is 0 Å². The second kappa shape index (κ2) is 4.85. The van der Waals surface area contributed by atoms with E-state index in [0.29, 0.717) is 11.3 Å². The Morgan fingerprint density at radius 1 is 1.30 bits per heavy atom. The molecule has 7 heteroatoms. The predicted molar refractivity (Wildman–Crippen MR) is 69.2 cm³/mol. The highest BCUT2D eigenvalue weighted by Crippen LogP contribution is 2.18. The van der Waals surface area contributed by atoms with Gasteiger partial charge in [-0.05, 0) is 12.1 Å². The molecule has 1 aliphatic rings. The van der Waals surface area contributed by atoms with Crippen LogP contribution in [0.2, 0.25) is 0 Å². The van der Waals surface area contributed by atoms with Crippen LogP contribution in [0.25, 0.3) is 11.3 Å². The highest BCUT2D eigenvalue weighted by atomic mass is 16.2. The first-order valence-corrected chi connectivity index (χ1v) is 5.81. The third kappa shape index (κ3) is 2.22. The van der Waals surface area contributed by atoms with Crippen LogP contribution in [-0.2, 0) is 4.79 Å². The summed E-state index contributed by atoms with van der Waals surface area (Å²) < 4.78 is 0. The summed E-state index contributed by atoms with van der Waals surface area (Å²) in [5, 5.41) is 11.1. The van der Waals surface area contributed by atoms with E-state index in [1.165, 1.54) is 0 Å². The fraction of sp³-hybridized carbons (Fsp3) is 0.0769. The van der Waals surface area contributed by atoms with E-state index in [0.717, 1.165) is 5.56 Å². The molecular formula is C13H9N5O2. The molecule has 0 saturated carbocycles. The van der Waals surface area contributed by atoms with Gasteiger partial charge in [-0.25, -0.2) is 4.79 Å². The largest absolute Gasteiger partial charge is 0.322 e. The van der Waals surface area contributed by atoms with E-state index >= 15 is 0 Å². The smallest absolute Gasteiger partial charge is 0.316 e. The van der Waals surface area contributed by atoms with E-state index in [2.05, 4.69) is 37.7 Å². The number of nitrogens with one attached hydrogen (secondary N) is 3. The molecular weight excluding hydrogens is 258 g/mol. The van der Waals surface area contributed by atoms with Gasteiger partial charge in [-0.3, -0.25) is 20.2 Å². The maximum absolute atomic E-state index is 11.4. The van der Waals surface area contributed by atoms with Gasteiger partial charge in [-0.2, -0.15) is 5.10 Å². The summed E-state index contributed by atoms with van der Waals surface area (Å²) in [6.07, 6.45) is 4.99. The molecule has 0 aromatic carbocycles. The SMILES string of the molecule is O=C1NC(=O)[C@H](C#Cc2cccnc2-c2cn[nH]c2)N1. The lowest BCUT2D eigenvalue weighted by molar-refractivity contribution is -0.119. The van der Waals surface area contributed by atoms with Crippen LogP contribution in [0, 0.1) is 11.8 Å². The van der Waals surface area contributed by atoms with Crippen LogP contribution < -0.4 is 10.6 Å². The van der Waals surface area contributed by atoms with E-state index in [9.17, 15) is 9.59 Å². The van der Waals surface area contributed by atoms with E-state index in [1.54, 1.807) is 30.7 Å². The standard InChI is InChI=1S/C13H9N5O2/c19-12-10(17-13(20)18-12)4-3-8-2-1-5-14-11(8)9-6-15-16-7-9/h1-2,5-7,10H,(H,15,16)(H2,17,18,19,20)/t10-/m0/s1. The summed E-state index contributed by atoms with van der Waals surface area (Å²) in [7, 11) is 0. The van der Waals surface area contributed by atoms with Crippen LogP contribution in [0.3, 0.4) is 0 Å². The van der Waals surface area contributed by atoms with Gasteiger partial charge in [0.25, 0.3) is 5.91 Å². The molecule has 1 saturated heterocycles. The van der Waals surface area contributed by atoms with Crippen molar-refractivity contribution >= 4 is 11.9 Å². The van der Waals surface area contributed by atoms with Crippen molar-refractivity contribution in [1.29, 1.82) is 0 Å². The summed E-state index contributed by atoms with van der Waals surface area (Å²) in [5.74, 6) is 5.13. The highest BCUT2D eigenvalue weighted by molar-refractivity contribution is 6.05. The normalized spacial score (nSPS) is 17.1. The van der Waals surface area contributed by atoms with E-state index in [4.69, 9.17) is 0 Å². The zero-order valence-corrected chi connectivity index (χ0v) is 10.2. The Balaban J connectivity index is 1.93. The zero-order chi connectivity index (χ0) is 13.9. The second-order valence-corrected chi connectivity index (χ2v) is 4.05. The van der Waals surface area contributed by atoms with Crippen LogP contribution in [-0.4, -0.2) is 33.2 Å². The van der Waals surface area contributed by atoms with Gasteiger partial charge >= 0.3 is 6.03 Å². The zero-order valence-electron chi connectivity index (χ0n) is 10.2. The molecule has 7 nitrogen and oxygen atoms in total. The minimum absolute atomic E-state index is 0.448. The van der Waals surface area contributed by atoms with E-state index in [1.807, 2.05) is 0 Å². The topological polar surface area (TPSA) is 99.8 Å². The van der Waals surface area contributed by atoms with Gasteiger partial charge in [0.1, 0.15) is 0 Å². The Morgan fingerprint density at radius 2 is 2.20 bits per heavy atom. The van der Waals surface area contributed by atoms with Gasteiger partial charge in [-0.1, -0.05) is 11.8 Å². The van der Waals surface area contributed by atoms with E-state index in [-0.39, 0.29) is 0 Å². The molecule has 0 spiro atoms. The third-order valence-electron chi connectivity index (χ3n) is 2.70. The van der Waals surface area contributed by atoms with Crippen molar-refractivity contribution in [2.45, 2.75) is 6.04 Å². The van der Waals surface area contributed by atoms with Crippen LogP contribution in [0.1, 0.15) is 5.56 Å². The van der Waals surface area contributed by atoms with Gasteiger partial charge < -0.3 is 5.32 Å². The van der Waals surface area contributed by atoms with Crippen LogP contribution in [0.4, 0.5) is 4.79 Å². The molecule has 1 fully saturated rings. The Hall–Kier alpha value is -3.14. The number of pyridine rings is 1. The number of hydrogen-bond donors (Lipinski definition) is 3. The van der Waals surface area contributed by atoms with Crippen molar-refractivity contribution in [2.24, 2.45) is 0 Å². The fourth-order valence-electron chi connectivity index (χ4n) is 1.78. The van der Waals surface area contributed by atoms with Gasteiger partial charge in [0, 0.05) is 18.0 Å². The average molecular weight is 267 g/mol. The lowest BCUT2D eigenvalue weighted by Gasteiger charge is -2.00. The summed E-state index contributed by atoms with van der Waals surface area (Å²) in [5.41, 5.74) is 2.12. The van der Waals surface area contributed by atoms with Gasteiger partial charge in [0.05, 0.1) is 17.5 Å². The van der Waals surface area contributed by atoms with Crippen molar-refractivity contribution in [2.75, 3.05) is 0 Å². The third-order valence-corrected chi connectivity index (χ3v) is 2.70. The lowest BCUT2D eigenvalue weighted by Crippen LogP contribution is -2.26. The Morgan fingerprint density at radius 3 is 2.90 bits per heavy atom. The molecule has 0 aliphatic carbocycles. The van der Waals surface area contributed by atoms with Gasteiger partial charge in [0.15, 0.2) is 6.04 Å². The maximum atomic E-state index is 11.4. The molecule has 1 atom stereocenters. The quantitative estimate of drug-likeness (QED) is 0.501. The molecule has 0 radical (unpaired) electrons. The molecule has 3 rings (SSSR count). The van der Waals surface area contributed by atoms with Crippen LogP contribution in [0.5, 0.6) is 0 Å². The number of hydrogen-bond acceptors (Lipinski definition) is 4. The first-order valence-electron chi connectivity index (χ1n) is 5.81. The minimum Gasteiger partial charge on any atom is -0.316 e.